The number of hydrogen-bond acceptors (Lipinski definition) is 6. The second-order valence-electron chi connectivity index (χ2n) is 4.94. The number of rotatable bonds is 5. The van der Waals surface area contributed by atoms with E-state index in [0.29, 0.717) is 37.0 Å². The molecule has 106 valence electrons. The molecule has 2 atom stereocenters. The Morgan fingerprint density at radius 3 is 2.67 bits per heavy atom. The van der Waals surface area contributed by atoms with Crippen molar-refractivity contribution in [3.8, 4) is 0 Å². The van der Waals surface area contributed by atoms with Crippen molar-refractivity contribution in [2.24, 2.45) is 11.8 Å². The lowest BCUT2D eigenvalue weighted by molar-refractivity contribution is -0.432. The maximum absolute atomic E-state index is 12.0. The molecular formula is C10H19NO5S2. The molecule has 0 aromatic carbocycles. The van der Waals surface area contributed by atoms with Crippen LogP contribution in [0.1, 0.15) is 32.1 Å². The fourth-order valence-electron chi connectivity index (χ4n) is 3.00. The first-order chi connectivity index (χ1) is 8.63. The number of fused-ring (bicyclic) bond motifs is 1. The molecule has 2 unspecified atom stereocenters. The van der Waals surface area contributed by atoms with Gasteiger partial charge >= 0.3 is 0 Å². The summed E-state index contributed by atoms with van der Waals surface area (Å²) in [5, 5.41) is 11.1. The van der Waals surface area contributed by atoms with Crippen LogP contribution < -0.4 is 0 Å². The van der Waals surface area contributed by atoms with Gasteiger partial charge in [-0.2, -0.15) is 0 Å². The van der Waals surface area contributed by atoms with Crippen molar-refractivity contribution in [2.45, 2.75) is 32.1 Å². The van der Waals surface area contributed by atoms with Gasteiger partial charge in [0.2, 0.25) is 10.0 Å². The van der Waals surface area contributed by atoms with Crippen molar-refractivity contribution in [3.05, 3.63) is 0 Å². The highest BCUT2D eigenvalue weighted by Crippen LogP contribution is 2.37. The van der Waals surface area contributed by atoms with E-state index in [1.54, 1.807) is 4.31 Å². The summed E-state index contributed by atoms with van der Waals surface area (Å²) < 4.78 is 29.7. The maximum Gasteiger partial charge on any atom is 0.225 e. The van der Waals surface area contributed by atoms with Gasteiger partial charge in [0.25, 0.3) is 0 Å². The Morgan fingerprint density at radius 1 is 1.22 bits per heavy atom. The minimum Gasteiger partial charge on any atom is -0.220 e. The average molecular weight is 297 g/mol. The van der Waals surface area contributed by atoms with Crippen LogP contribution in [0.5, 0.6) is 0 Å². The van der Waals surface area contributed by atoms with E-state index in [4.69, 9.17) is 5.26 Å². The molecule has 1 heterocycles. The number of piperidine rings is 1. The number of nitrogens with zero attached hydrogens (tertiary/aromatic N) is 1. The quantitative estimate of drug-likeness (QED) is 0.361. The van der Waals surface area contributed by atoms with Crippen molar-refractivity contribution < 1.29 is 23.0 Å². The second kappa shape index (κ2) is 6.53. The molecule has 0 aromatic heterocycles. The molecule has 0 aromatic rings. The molecule has 1 saturated carbocycles. The first-order valence-electron chi connectivity index (χ1n) is 6.21. The lowest BCUT2D eigenvalue weighted by Gasteiger charge is -2.40. The van der Waals surface area contributed by atoms with Gasteiger partial charge in [0, 0.05) is 13.1 Å². The third-order valence-corrected chi connectivity index (χ3v) is 6.77. The molecule has 1 aliphatic carbocycles. The van der Waals surface area contributed by atoms with Gasteiger partial charge in [-0.05, 0) is 24.7 Å². The van der Waals surface area contributed by atoms with E-state index in [0.717, 1.165) is 12.8 Å². The van der Waals surface area contributed by atoms with Gasteiger partial charge in [0.1, 0.15) is 5.08 Å². The van der Waals surface area contributed by atoms with Crippen LogP contribution in [0.4, 0.5) is 0 Å². The molecule has 8 heteroatoms. The Hall–Kier alpha value is 0.140. The Morgan fingerprint density at radius 2 is 1.94 bits per heavy atom. The molecule has 1 N–H and O–H groups in total. The molecule has 0 radical (unpaired) electrons. The minimum absolute atomic E-state index is 0.231. The van der Waals surface area contributed by atoms with Crippen LogP contribution in [0.25, 0.3) is 0 Å². The summed E-state index contributed by atoms with van der Waals surface area (Å²) in [6, 6.07) is 0. The summed E-state index contributed by atoms with van der Waals surface area (Å²) in [5.41, 5.74) is 0. The van der Waals surface area contributed by atoms with Gasteiger partial charge in [0.15, 0.2) is 0 Å². The third kappa shape index (κ3) is 3.58. The van der Waals surface area contributed by atoms with Gasteiger partial charge in [-0.25, -0.2) is 18.0 Å². The predicted molar refractivity (Wildman–Crippen MR) is 67.8 cm³/mol. The first-order valence-corrected chi connectivity index (χ1v) is 8.73. The summed E-state index contributed by atoms with van der Waals surface area (Å²) in [6.45, 7) is 1.23. The van der Waals surface area contributed by atoms with E-state index >= 15 is 0 Å². The highest BCUT2D eigenvalue weighted by Gasteiger charge is 2.35. The zero-order chi connectivity index (χ0) is 13.0. The number of sulfonamides is 1. The van der Waals surface area contributed by atoms with Crippen molar-refractivity contribution in [1.82, 2.24) is 4.31 Å². The van der Waals surface area contributed by atoms with E-state index in [-0.39, 0.29) is 5.08 Å². The zero-order valence-corrected chi connectivity index (χ0v) is 11.8. The average Bonchev–Trinajstić information content (AvgIpc) is 2.38. The van der Waals surface area contributed by atoms with Crippen molar-refractivity contribution in [3.63, 3.8) is 0 Å². The number of hydrogen-bond donors (Lipinski definition) is 1. The Balaban J connectivity index is 1.89. The standard InChI is InChI=1S/C10H19NO5S2/c12-15-16-17-8-18(13,14)11-6-5-9-3-1-2-4-10(9)7-11/h9-10,12H,1-8H2. The van der Waals surface area contributed by atoms with E-state index in [9.17, 15) is 8.42 Å². The molecule has 2 aliphatic rings. The Labute approximate surface area is 112 Å². The topological polar surface area (TPSA) is 76.1 Å². The first kappa shape index (κ1) is 14.5. The van der Waals surface area contributed by atoms with Crippen LogP contribution in [0.15, 0.2) is 0 Å². The molecule has 6 nitrogen and oxygen atoms in total. The molecule has 0 spiro atoms. The van der Waals surface area contributed by atoms with E-state index < -0.39 is 10.0 Å². The normalized spacial score (nSPS) is 30.1. The van der Waals surface area contributed by atoms with Crippen LogP contribution in [0.2, 0.25) is 0 Å². The molecule has 0 amide bonds. The van der Waals surface area contributed by atoms with Crippen molar-refractivity contribution in [2.75, 3.05) is 18.2 Å². The largest absolute Gasteiger partial charge is 0.225 e. The fraction of sp³-hybridized carbons (Fsp3) is 1.00. The maximum atomic E-state index is 12.0. The molecule has 0 bridgehead atoms. The van der Waals surface area contributed by atoms with Gasteiger partial charge in [-0.15, -0.1) is 4.33 Å². The van der Waals surface area contributed by atoms with Crippen molar-refractivity contribution in [1.29, 1.82) is 0 Å². The van der Waals surface area contributed by atoms with Crippen LogP contribution >= 0.6 is 12.0 Å². The SMILES string of the molecule is O=S(=O)(CSOOO)N1CCC2CCCCC2C1. The van der Waals surface area contributed by atoms with Crippen molar-refractivity contribution >= 4 is 22.1 Å². The molecule has 1 saturated heterocycles. The highest BCUT2D eigenvalue weighted by molar-refractivity contribution is 8.08. The summed E-state index contributed by atoms with van der Waals surface area (Å²) in [4.78, 5) is 0. The molecule has 2 fully saturated rings. The second-order valence-corrected chi connectivity index (χ2v) is 7.94. The fourth-order valence-corrected chi connectivity index (χ4v) is 5.08. The molecule has 2 rings (SSSR count). The Kier molecular flexibility index (Phi) is 5.28. The van der Waals surface area contributed by atoms with E-state index in [1.807, 2.05) is 0 Å². The van der Waals surface area contributed by atoms with Crippen LogP contribution in [0.3, 0.4) is 0 Å². The summed E-state index contributed by atoms with van der Waals surface area (Å²) >= 11 is 0.581. The van der Waals surface area contributed by atoms with Crippen LogP contribution in [-0.2, 0) is 19.4 Å². The Bertz CT molecular complexity index is 361. The molecule has 18 heavy (non-hydrogen) atoms. The van der Waals surface area contributed by atoms with Gasteiger partial charge in [-0.1, -0.05) is 24.3 Å². The monoisotopic (exact) mass is 297 g/mol. The zero-order valence-electron chi connectivity index (χ0n) is 10.2. The minimum atomic E-state index is -3.33. The van der Waals surface area contributed by atoms with E-state index in [2.05, 4.69) is 9.37 Å². The summed E-state index contributed by atoms with van der Waals surface area (Å²) in [5.74, 6) is 1.22. The molecule has 1 aliphatic heterocycles. The lowest BCUT2D eigenvalue weighted by atomic mass is 9.76. The van der Waals surface area contributed by atoms with Gasteiger partial charge < -0.3 is 0 Å². The van der Waals surface area contributed by atoms with Gasteiger partial charge in [-0.3, -0.25) is 0 Å². The van der Waals surface area contributed by atoms with Gasteiger partial charge in [0.05, 0.1) is 12.0 Å². The van der Waals surface area contributed by atoms with Crippen LogP contribution in [-0.4, -0.2) is 36.2 Å². The highest BCUT2D eigenvalue weighted by atomic mass is 32.3. The third-order valence-electron chi connectivity index (χ3n) is 3.92. The summed E-state index contributed by atoms with van der Waals surface area (Å²) in [6.07, 6.45) is 5.84. The predicted octanol–water partition coefficient (Wildman–Crippen LogP) is 1.86. The lowest BCUT2D eigenvalue weighted by Crippen LogP contribution is -2.45. The van der Waals surface area contributed by atoms with Crippen LogP contribution in [0, 0.1) is 11.8 Å². The summed E-state index contributed by atoms with van der Waals surface area (Å²) in [7, 11) is -3.33. The van der Waals surface area contributed by atoms with E-state index in [1.165, 1.54) is 19.3 Å². The smallest absolute Gasteiger partial charge is 0.220 e. The molecular weight excluding hydrogens is 278 g/mol.